The third-order valence-corrected chi connectivity index (χ3v) is 3.90. The van der Waals surface area contributed by atoms with Crippen LogP contribution in [0.15, 0.2) is 0 Å². The summed E-state index contributed by atoms with van der Waals surface area (Å²) in [6.45, 7) is 10.4. The van der Waals surface area contributed by atoms with Crippen LogP contribution >= 0.6 is 0 Å². The van der Waals surface area contributed by atoms with Gasteiger partial charge in [0.05, 0.1) is 0 Å². The predicted molar refractivity (Wildman–Crippen MR) is 88.0 cm³/mol. The molecule has 3 heteroatoms. The molecule has 0 rings (SSSR count). The van der Waals surface area contributed by atoms with Gasteiger partial charge in [-0.3, -0.25) is 4.79 Å². The van der Waals surface area contributed by atoms with Crippen molar-refractivity contribution < 1.29 is 4.79 Å². The maximum Gasteiger partial charge on any atom is 0.220 e. The van der Waals surface area contributed by atoms with Gasteiger partial charge in [-0.25, -0.2) is 0 Å². The van der Waals surface area contributed by atoms with E-state index in [1.165, 1.54) is 44.9 Å². The summed E-state index contributed by atoms with van der Waals surface area (Å²) in [5, 5.41) is 3.02. The zero-order valence-electron chi connectivity index (χ0n) is 14.0. The Morgan fingerprint density at radius 2 is 1.40 bits per heavy atom. The molecule has 0 aromatic rings. The first-order valence-electron chi connectivity index (χ1n) is 8.73. The Hall–Kier alpha value is -0.570. The molecule has 120 valence electrons. The summed E-state index contributed by atoms with van der Waals surface area (Å²) in [5.41, 5.74) is 0. The van der Waals surface area contributed by atoms with Crippen molar-refractivity contribution in [2.75, 3.05) is 26.2 Å². The summed E-state index contributed by atoms with van der Waals surface area (Å²) in [6.07, 6.45) is 11.0. The monoisotopic (exact) mass is 284 g/mol. The van der Waals surface area contributed by atoms with Crippen LogP contribution in [0.2, 0.25) is 0 Å². The van der Waals surface area contributed by atoms with Crippen LogP contribution in [0.1, 0.15) is 78.6 Å². The molecule has 0 saturated carbocycles. The van der Waals surface area contributed by atoms with Crippen molar-refractivity contribution in [3.05, 3.63) is 0 Å². The highest BCUT2D eigenvalue weighted by Crippen LogP contribution is 2.09. The fourth-order valence-corrected chi connectivity index (χ4v) is 2.40. The second-order valence-electron chi connectivity index (χ2n) is 5.60. The highest BCUT2D eigenvalue weighted by Gasteiger charge is 2.02. The van der Waals surface area contributed by atoms with E-state index in [-0.39, 0.29) is 5.91 Å². The topological polar surface area (TPSA) is 32.3 Å². The number of nitrogens with one attached hydrogen (secondary N) is 1. The molecule has 0 bridgehead atoms. The molecule has 0 unspecified atom stereocenters. The van der Waals surface area contributed by atoms with E-state index in [9.17, 15) is 4.79 Å². The molecule has 0 aromatic carbocycles. The molecule has 1 N–H and O–H groups in total. The largest absolute Gasteiger partial charge is 0.355 e. The average molecular weight is 284 g/mol. The third kappa shape index (κ3) is 12.5. The number of rotatable bonds is 14. The Morgan fingerprint density at radius 3 is 1.95 bits per heavy atom. The second kappa shape index (κ2) is 14.8. The smallest absolute Gasteiger partial charge is 0.220 e. The molecule has 0 aliphatic rings. The number of unbranched alkanes of at least 4 members (excludes halogenated alkanes) is 7. The molecule has 0 fully saturated rings. The third-order valence-electron chi connectivity index (χ3n) is 3.90. The normalized spacial score (nSPS) is 11.0. The molecule has 0 heterocycles. The van der Waals surface area contributed by atoms with Crippen LogP contribution in [0.3, 0.4) is 0 Å². The van der Waals surface area contributed by atoms with Gasteiger partial charge < -0.3 is 10.2 Å². The summed E-state index contributed by atoms with van der Waals surface area (Å²) in [5.74, 6) is 0.225. The molecule has 0 aliphatic heterocycles. The Labute approximate surface area is 126 Å². The Balaban J connectivity index is 3.28. The van der Waals surface area contributed by atoms with Gasteiger partial charge in [0.25, 0.3) is 0 Å². The molecule has 0 aromatic heterocycles. The minimum absolute atomic E-state index is 0.225. The lowest BCUT2D eigenvalue weighted by atomic mass is 10.1. The highest BCUT2D eigenvalue weighted by molar-refractivity contribution is 5.75. The van der Waals surface area contributed by atoms with Crippen LogP contribution in [-0.2, 0) is 4.79 Å². The maximum atomic E-state index is 11.6. The number of carbonyl (C=O) groups excluding carboxylic acids is 1. The summed E-state index contributed by atoms with van der Waals surface area (Å²) in [4.78, 5) is 14.0. The van der Waals surface area contributed by atoms with Gasteiger partial charge in [0, 0.05) is 19.5 Å². The van der Waals surface area contributed by atoms with Crippen LogP contribution in [0, 0.1) is 0 Å². The molecular formula is C17H36N2O. The van der Waals surface area contributed by atoms with Crippen molar-refractivity contribution in [2.24, 2.45) is 0 Å². The van der Waals surface area contributed by atoms with E-state index in [0.29, 0.717) is 6.42 Å². The van der Waals surface area contributed by atoms with Crippen molar-refractivity contribution in [1.82, 2.24) is 10.2 Å². The number of carbonyl (C=O) groups is 1. The lowest BCUT2D eigenvalue weighted by Crippen LogP contribution is -2.34. The van der Waals surface area contributed by atoms with Gasteiger partial charge in [0.15, 0.2) is 0 Å². The lowest BCUT2D eigenvalue weighted by molar-refractivity contribution is -0.121. The fourth-order valence-electron chi connectivity index (χ4n) is 2.40. The van der Waals surface area contributed by atoms with E-state index >= 15 is 0 Å². The fraction of sp³-hybridized carbons (Fsp3) is 0.941. The van der Waals surface area contributed by atoms with E-state index in [4.69, 9.17) is 0 Å². The van der Waals surface area contributed by atoms with E-state index in [2.05, 4.69) is 31.0 Å². The second-order valence-corrected chi connectivity index (χ2v) is 5.60. The first kappa shape index (κ1) is 19.4. The molecule has 0 spiro atoms. The Morgan fingerprint density at radius 1 is 0.850 bits per heavy atom. The van der Waals surface area contributed by atoms with Crippen molar-refractivity contribution in [3.8, 4) is 0 Å². The predicted octanol–water partition coefficient (Wildman–Crippen LogP) is 3.98. The van der Waals surface area contributed by atoms with Crippen LogP contribution in [0.25, 0.3) is 0 Å². The standard InChI is InChI=1S/C17H36N2O/c1-4-7-8-9-10-11-12-13-14-17(20)18-15-16-19(5-2)6-3/h4-16H2,1-3H3,(H,18,20). The van der Waals surface area contributed by atoms with Gasteiger partial charge in [-0.2, -0.15) is 0 Å². The molecule has 0 aliphatic carbocycles. The van der Waals surface area contributed by atoms with Gasteiger partial charge in [-0.1, -0.05) is 65.7 Å². The van der Waals surface area contributed by atoms with E-state index in [1.54, 1.807) is 0 Å². The SMILES string of the molecule is CCCCCCCCCCC(=O)NCCN(CC)CC. The van der Waals surface area contributed by atoms with Crippen molar-refractivity contribution in [2.45, 2.75) is 78.6 Å². The number of hydrogen-bond donors (Lipinski definition) is 1. The molecule has 20 heavy (non-hydrogen) atoms. The van der Waals surface area contributed by atoms with E-state index < -0.39 is 0 Å². The maximum absolute atomic E-state index is 11.6. The van der Waals surface area contributed by atoms with Crippen molar-refractivity contribution in [3.63, 3.8) is 0 Å². The zero-order valence-corrected chi connectivity index (χ0v) is 14.0. The average Bonchev–Trinajstić information content (AvgIpc) is 2.46. The van der Waals surface area contributed by atoms with Gasteiger partial charge in [-0.15, -0.1) is 0 Å². The number of likely N-dealkylation sites (N-methyl/N-ethyl adjacent to an activating group) is 1. The number of nitrogens with zero attached hydrogens (tertiary/aromatic N) is 1. The molecular weight excluding hydrogens is 248 g/mol. The van der Waals surface area contributed by atoms with E-state index in [1.807, 2.05) is 0 Å². The van der Waals surface area contributed by atoms with Crippen LogP contribution in [0.4, 0.5) is 0 Å². The van der Waals surface area contributed by atoms with Crippen molar-refractivity contribution >= 4 is 5.91 Å². The first-order valence-corrected chi connectivity index (χ1v) is 8.73. The summed E-state index contributed by atoms with van der Waals surface area (Å²) in [7, 11) is 0. The first-order chi connectivity index (χ1) is 9.74. The van der Waals surface area contributed by atoms with Gasteiger partial charge in [-0.05, 0) is 19.5 Å². The molecule has 3 nitrogen and oxygen atoms in total. The van der Waals surface area contributed by atoms with Crippen LogP contribution < -0.4 is 5.32 Å². The number of amides is 1. The summed E-state index contributed by atoms with van der Waals surface area (Å²) < 4.78 is 0. The van der Waals surface area contributed by atoms with E-state index in [0.717, 1.165) is 32.6 Å². The molecule has 1 amide bonds. The lowest BCUT2D eigenvalue weighted by Gasteiger charge is -2.17. The van der Waals surface area contributed by atoms with Gasteiger partial charge >= 0.3 is 0 Å². The minimum atomic E-state index is 0.225. The Kier molecular flexibility index (Phi) is 14.4. The minimum Gasteiger partial charge on any atom is -0.355 e. The van der Waals surface area contributed by atoms with Gasteiger partial charge in [0.2, 0.25) is 5.91 Å². The Bertz CT molecular complexity index is 215. The van der Waals surface area contributed by atoms with Crippen molar-refractivity contribution in [1.29, 1.82) is 0 Å². The zero-order chi connectivity index (χ0) is 15.1. The molecule has 0 atom stereocenters. The molecule has 0 radical (unpaired) electrons. The summed E-state index contributed by atoms with van der Waals surface area (Å²) in [6, 6.07) is 0. The summed E-state index contributed by atoms with van der Waals surface area (Å²) >= 11 is 0. The van der Waals surface area contributed by atoms with Gasteiger partial charge in [0.1, 0.15) is 0 Å². The van der Waals surface area contributed by atoms with Crippen LogP contribution in [-0.4, -0.2) is 37.0 Å². The highest BCUT2D eigenvalue weighted by atomic mass is 16.1. The van der Waals surface area contributed by atoms with Crippen LogP contribution in [0.5, 0.6) is 0 Å². The molecule has 0 saturated heterocycles. The quantitative estimate of drug-likeness (QED) is 0.489. The number of hydrogen-bond acceptors (Lipinski definition) is 2.